The molecule has 2 bridgehead atoms. The Balaban J connectivity index is 1.46. The molecule has 5 nitrogen and oxygen atoms in total. The van der Waals surface area contributed by atoms with Gasteiger partial charge in [0.2, 0.25) is 0 Å². The van der Waals surface area contributed by atoms with Gasteiger partial charge in [-0.1, -0.05) is 12.1 Å². The predicted molar refractivity (Wildman–Crippen MR) is 110 cm³/mol. The predicted octanol–water partition coefficient (Wildman–Crippen LogP) is 3.64. The average Bonchev–Trinajstić information content (AvgIpc) is 3.11. The van der Waals surface area contributed by atoms with E-state index < -0.39 is 0 Å². The van der Waals surface area contributed by atoms with Gasteiger partial charge in [0, 0.05) is 60.6 Å². The van der Waals surface area contributed by atoms with Crippen molar-refractivity contribution in [2.45, 2.75) is 38.8 Å². The van der Waals surface area contributed by atoms with Crippen molar-refractivity contribution in [2.24, 2.45) is 5.92 Å². The zero-order valence-electron chi connectivity index (χ0n) is 16.3. The van der Waals surface area contributed by atoms with Gasteiger partial charge in [-0.15, -0.1) is 0 Å². The van der Waals surface area contributed by atoms with Crippen molar-refractivity contribution in [3.05, 3.63) is 70.3 Å². The van der Waals surface area contributed by atoms with Crippen LogP contribution in [0, 0.1) is 5.92 Å². The Hall–Kier alpha value is -2.82. The number of fused-ring (bicyclic) bond motifs is 5. The van der Waals surface area contributed by atoms with Crippen molar-refractivity contribution in [1.82, 2.24) is 14.0 Å². The van der Waals surface area contributed by atoms with Crippen LogP contribution in [0.1, 0.15) is 48.3 Å². The van der Waals surface area contributed by atoms with Crippen molar-refractivity contribution < 1.29 is 4.79 Å². The molecular formula is C23H25N3O2. The second-order valence-corrected chi connectivity index (χ2v) is 8.50. The third-order valence-electron chi connectivity index (χ3n) is 6.29. The molecule has 0 aliphatic carbocycles. The minimum atomic E-state index is 0.0758. The number of rotatable bonds is 2. The number of likely N-dealkylation sites (tertiary alicyclic amines) is 1. The summed E-state index contributed by atoms with van der Waals surface area (Å²) in [6.07, 6.45) is 3.14. The van der Waals surface area contributed by atoms with E-state index in [-0.39, 0.29) is 17.4 Å². The third kappa shape index (κ3) is 2.68. The molecule has 2 aromatic heterocycles. The minimum Gasteiger partial charge on any atom is -0.345 e. The van der Waals surface area contributed by atoms with Crippen molar-refractivity contribution in [3.63, 3.8) is 0 Å². The summed E-state index contributed by atoms with van der Waals surface area (Å²) < 4.78 is 4.11. The third-order valence-corrected chi connectivity index (χ3v) is 6.29. The van der Waals surface area contributed by atoms with E-state index in [1.807, 2.05) is 39.8 Å². The molecule has 2 atom stereocenters. The summed E-state index contributed by atoms with van der Waals surface area (Å²) in [5, 5.41) is 1.16. The molecule has 2 aliphatic rings. The van der Waals surface area contributed by atoms with Crippen molar-refractivity contribution in [1.29, 1.82) is 0 Å². The summed E-state index contributed by atoms with van der Waals surface area (Å²) >= 11 is 0. The van der Waals surface area contributed by atoms with Gasteiger partial charge in [0.15, 0.2) is 0 Å². The van der Waals surface area contributed by atoms with E-state index in [0.29, 0.717) is 25.0 Å². The van der Waals surface area contributed by atoms with Crippen LogP contribution in [-0.4, -0.2) is 33.0 Å². The summed E-state index contributed by atoms with van der Waals surface area (Å²) in [7, 11) is 0. The zero-order valence-corrected chi connectivity index (χ0v) is 16.3. The molecule has 2 aliphatic heterocycles. The standard InChI is InChI=1S/C23H25N3O2/c1-15(2)25-9-8-17-6-7-18(11-21(17)25)23(28)24-12-16-10-19(14-24)20-4-3-5-22(27)26(20)13-16/h3-9,11,15-16,19H,10,12-14H2,1-2H3. The summed E-state index contributed by atoms with van der Waals surface area (Å²) in [6, 6.07) is 14.0. The molecule has 1 amide bonds. The lowest BCUT2D eigenvalue weighted by atomic mass is 9.83. The SMILES string of the molecule is CC(C)n1ccc2ccc(C(=O)N3CC4CC(C3)c3cccc(=O)n3C4)cc21. The molecule has 4 heterocycles. The second-order valence-electron chi connectivity index (χ2n) is 8.50. The summed E-state index contributed by atoms with van der Waals surface area (Å²) in [5.74, 6) is 0.687. The highest BCUT2D eigenvalue weighted by molar-refractivity contribution is 5.98. The van der Waals surface area contributed by atoms with Crippen LogP contribution in [0.4, 0.5) is 0 Å². The van der Waals surface area contributed by atoms with Crippen molar-refractivity contribution in [3.8, 4) is 0 Å². The average molecular weight is 375 g/mol. The van der Waals surface area contributed by atoms with Gasteiger partial charge in [-0.2, -0.15) is 0 Å². The van der Waals surface area contributed by atoms with E-state index in [1.165, 1.54) is 0 Å². The van der Waals surface area contributed by atoms with Crippen LogP contribution in [0.15, 0.2) is 53.5 Å². The lowest BCUT2D eigenvalue weighted by molar-refractivity contribution is 0.0594. The Bertz CT molecular complexity index is 1120. The van der Waals surface area contributed by atoms with E-state index in [1.54, 1.807) is 6.07 Å². The lowest BCUT2D eigenvalue weighted by Crippen LogP contribution is -2.49. The number of nitrogens with zero attached hydrogens (tertiary/aromatic N) is 3. The summed E-state index contributed by atoms with van der Waals surface area (Å²) in [5.41, 5.74) is 3.01. The van der Waals surface area contributed by atoms with Gasteiger partial charge in [-0.05, 0) is 55.8 Å². The largest absolute Gasteiger partial charge is 0.345 e. The topological polar surface area (TPSA) is 47.2 Å². The highest BCUT2D eigenvalue weighted by Gasteiger charge is 2.36. The van der Waals surface area contributed by atoms with Crippen LogP contribution in [0.3, 0.4) is 0 Å². The number of carbonyl (C=O) groups is 1. The summed E-state index contributed by atoms with van der Waals surface area (Å²) in [6.45, 7) is 6.42. The number of piperidine rings is 1. The molecule has 1 fully saturated rings. The van der Waals surface area contributed by atoms with E-state index in [9.17, 15) is 9.59 Å². The summed E-state index contributed by atoms with van der Waals surface area (Å²) in [4.78, 5) is 27.5. The van der Waals surface area contributed by atoms with Gasteiger partial charge >= 0.3 is 0 Å². The van der Waals surface area contributed by atoms with Crippen LogP contribution in [0.5, 0.6) is 0 Å². The smallest absolute Gasteiger partial charge is 0.253 e. The van der Waals surface area contributed by atoms with Gasteiger partial charge < -0.3 is 14.0 Å². The molecule has 2 unspecified atom stereocenters. The minimum absolute atomic E-state index is 0.0758. The quantitative estimate of drug-likeness (QED) is 0.686. The molecule has 28 heavy (non-hydrogen) atoms. The second kappa shape index (κ2) is 6.36. The van der Waals surface area contributed by atoms with Crippen LogP contribution in [0.25, 0.3) is 10.9 Å². The number of benzene rings is 1. The van der Waals surface area contributed by atoms with Gasteiger partial charge in [-0.25, -0.2) is 0 Å². The molecule has 1 saturated heterocycles. The van der Waals surface area contributed by atoms with E-state index in [2.05, 4.69) is 30.7 Å². The molecular weight excluding hydrogens is 350 g/mol. The number of hydrogen-bond donors (Lipinski definition) is 0. The maximum absolute atomic E-state index is 13.3. The van der Waals surface area contributed by atoms with Crippen LogP contribution in [0.2, 0.25) is 0 Å². The highest BCUT2D eigenvalue weighted by Crippen LogP contribution is 2.35. The van der Waals surface area contributed by atoms with Crippen LogP contribution >= 0.6 is 0 Å². The Morgan fingerprint density at radius 2 is 1.93 bits per heavy atom. The lowest BCUT2D eigenvalue weighted by Gasteiger charge is -2.42. The Kier molecular flexibility index (Phi) is 3.93. The van der Waals surface area contributed by atoms with E-state index in [4.69, 9.17) is 0 Å². The fourth-order valence-electron chi connectivity index (χ4n) is 4.98. The normalized spacial score (nSPS) is 21.2. The van der Waals surface area contributed by atoms with Crippen LogP contribution in [-0.2, 0) is 6.54 Å². The van der Waals surface area contributed by atoms with Crippen LogP contribution < -0.4 is 5.56 Å². The monoisotopic (exact) mass is 375 g/mol. The number of amides is 1. The van der Waals surface area contributed by atoms with Crippen molar-refractivity contribution in [2.75, 3.05) is 13.1 Å². The molecule has 0 N–H and O–H groups in total. The van der Waals surface area contributed by atoms with E-state index >= 15 is 0 Å². The molecule has 0 spiro atoms. The maximum atomic E-state index is 13.3. The fourth-order valence-corrected chi connectivity index (χ4v) is 4.98. The molecule has 3 aromatic rings. The number of aromatic nitrogens is 2. The van der Waals surface area contributed by atoms with Gasteiger partial charge in [-0.3, -0.25) is 9.59 Å². The molecule has 0 radical (unpaired) electrons. The van der Waals surface area contributed by atoms with Crippen molar-refractivity contribution >= 4 is 16.8 Å². The van der Waals surface area contributed by atoms with E-state index in [0.717, 1.165) is 35.1 Å². The maximum Gasteiger partial charge on any atom is 0.253 e. The number of hydrogen-bond acceptors (Lipinski definition) is 2. The molecule has 5 rings (SSSR count). The Morgan fingerprint density at radius 1 is 1.07 bits per heavy atom. The number of pyridine rings is 1. The first-order valence-electron chi connectivity index (χ1n) is 10.1. The first kappa shape index (κ1) is 17.3. The fraction of sp³-hybridized carbons (Fsp3) is 0.391. The Morgan fingerprint density at radius 3 is 2.75 bits per heavy atom. The number of carbonyl (C=O) groups excluding carboxylic acids is 1. The van der Waals surface area contributed by atoms with Gasteiger partial charge in [0.1, 0.15) is 0 Å². The van der Waals surface area contributed by atoms with Gasteiger partial charge in [0.25, 0.3) is 11.5 Å². The first-order valence-corrected chi connectivity index (χ1v) is 10.1. The molecule has 1 aromatic carbocycles. The molecule has 144 valence electrons. The Labute approximate surface area is 164 Å². The highest BCUT2D eigenvalue weighted by atomic mass is 16.2. The molecule has 5 heteroatoms. The zero-order chi connectivity index (χ0) is 19.4. The molecule has 0 saturated carbocycles. The first-order chi connectivity index (χ1) is 13.5. The van der Waals surface area contributed by atoms with Gasteiger partial charge in [0.05, 0.1) is 0 Å².